The average molecular weight is 381 g/mol. The molecule has 3 nitrogen and oxygen atoms in total. The molecule has 2 saturated carbocycles. The van der Waals surface area contributed by atoms with Gasteiger partial charge in [-0.15, -0.1) is 0 Å². The van der Waals surface area contributed by atoms with Gasteiger partial charge in [-0.2, -0.15) is 0 Å². The Morgan fingerprint density at radius 3 is 2.26 bits per heavy atom. The third-order valence-electron chi connectivity index (χ3n) is 5.91. The molecule has 4 rings (SSSR count). The van der Waals surface area contributed by atoms with Crippen LogP contribution in [-0.2, 0) is 24.5 Å². The van der Waals surface area contributed by atoms with Crippen molar-refractivity contribution >= 4 is 17.3 Å². The second-order valence-electron chi connectivity index (χ2n) is 7.90. The van der Waals surface area contributed by atoms with Crippen LogP contribution in [0.3, 0.4) is 0 Å². The molecular formula is C23H28N2OS. The van der Waals surface area contributed by atoms with Crippen LogP contribution < -0.4 is 10.6 Å². The largest absolute Gasteiger partial charge is 0.372 e. The maximum Gasteiger partial charge on any atom is 0.166 e. The van der Waals surface area contributed by atoms with E-state index < -0.39 is 0 Å². The molecule has 2 fully saturated rings. The van der Waals surface area contributed by atoms with E-state index in [0.717, 1.165) is 23.5 Å². The quantitative estimate of drug-likeness (QED) is 0.690. The van der Waals surface area contributed by atoms with Gasteiger partial charge in [-0.3, -0.25) is 0 Å². The summed E-state index contributed by atoms with van der Waals surface area (Å²) < 4.78 is 5.80. The first-order valence-corrected chi connectivity index (χ1v) is 10.4. The van der Waals surface area contributed by atoms with Crippen molar-refractivity contribution in [1.29, 1.82) is 0 Å². The van der Waals surface area contributed by atoms with E-state index in [1.54, 1.807) is 0 Å². The highest BCUT2D eigenvalue weighted by Gasteiger charge is 2.39. The van der Waals surface area contributed by atoms with Crippen LogP contribution in [0.15, 0.2) is 54.6 Å². The Kier molecular flexibility index (Phi) is 6.05. The van der Waals surface area contributed by atoms with Gasteiger partial charge in [-0.05, 0) is 60.0 Å². The third kappa shape index (κ3) is 5.08. The van der Waals surface area contributed by atoms with Gasteiger partial charge in [0.2, 0.25) is 0 Å². The molecule has 0 heterocycles. The first-order valence-electron chi connectivity index (χ1n) is 10.00. The van der Waals surface area contributed by atoms with Crippen LogP contribution in [0.4, 0.5) is 0 Å². The fourth-order valence-corrected chi connectivity index (χ4v) is 4.66. The molecule has 0 aliphatic heterocycles. The van der Waals surface area contributed by atoms with Gasteiger partial charge in [0.1, 0.15) is 0 Å². The summed E-state index contributed by atoms with van der Waals surface area (Å²) in [5, 5.41) is 7.69. The number of nitrogens with one attached hydrogen (secondary N) is 2. The molecule has 0 aromatic heterocycles. The number of rotatable bonds is 7. The highest BCUT2D eigenvalue weighted by atomic mass is 32.1. The number of hydrogen-bond donors (Lipinski definition) is 2. The SMILES string of the molecule is S=C(NCc1ccc(COCc2ccccc2)cc1)NC1CC2CCC1C2. The van der Waals surface area contributed by atoms with Crippen molar-refractivity contribution in [2.75, 3.05) is 0 Å². The topological polar surface area (TPSA) is 33.3 Å². The summed E-state index contributed by atoms with van der Waals surface area (Å²) in [5.74, 6) is 1.77. The molecule has 4 heteroatoms. The van der Waals surface area contributed by atoms with Crippen molar-refractivity contribution in [3.63, 3.8) is 0 Å². The molecule has 2 aliphatic carbocycles. The minimum absolute atomic E-state index is 0.591. The first-order chi connectivity index (χ1) is 13.3. The number of fused-ring (bicyclic) bond motifs is 2. The van der Waals surface area contributed by atoms with Crippen molar-refractivity contribution < 1.29 is 4.74 Å². The summed E-state index contributed by atoms with van der Waals surface area (Å²) in [7, 11) is 0. The van der Waals surface area contributed by atoms with E-state index in [-0.39, 0.29) is 0 Å². The monoisotopic (exact) mass is 380 g/mol. The Morgan fingerprint density at radius 1 is 0.889 bits per heavy atom. The fraction of sp³-hybridized carbons (Fsp3) is 0.435. The van der Waals surface area contributed by atoms with Crippen molar-refractivity contribution in [2.45, 2.75) is 51.5 Å². The van der Waals surface area contributed by atoms with E-state index in [4.69, 9.17) is 17.0 Å². The van der Waals surface area contributed by atoms with Gasteiger partial charge in [-0.1, -0.05) is 61.0 Å². The van der Waals surface area contributed by atoms with Crippen molar-refractivity contribution in [1.82, 2.24) is 10.6 Å². The Morgan fingerprint density at radius 2 is 1.59 bits per heavy atom. The zero-order valence-corrected chi connectivity index (χ0v) is 16.5. The summed E-state index contributed by atoms with van der Waals surface area (Å²) in [5.41, 5.74) is 3.63. The van der Waals surface area contributed by atoms with Gasteiger partial charge in [0, 0.05) is 12.6 Å². The predicted octanol–water partition coefficient (Wildman–Crippen LogP) is 4.56. The molecular weight excluding hydrogens is 352 g/mol. The van der Waals surface area contributed by atoms with E-state index in [1.165, 1.54) is 42.4 Å². The summed E-state index contributed by atoms with van der Waals surface area (Å²) in [6.45, 7) is 2.04. The lowest BCUT2D eigenvalue weighted by Gasteiger charge is -2.24. The second-order valence-corrected chi connectivity index (χ2v) is 8.31. The Balaban J connectivity index is 1.17. The lowest BCUT2D eigenvalue weighted by atomic mass is 9.96. The maximum absolute atomic E-state index is 5.80. The number of thiocarbonyl (C=S) groups is 1. The van der Waals surface area contributed by atoms with Crippen LogP contribution in [0.2, 0.25) is 0 Å². The summed E-state index contributed by atoms with van der Waals surface area (Å²) >= 11 is 5.49. The zero-order chi connectivity index (χ0) is 18.5. The molecule has 0 saturated heterocycles. The summed E-state index contributed by atoms with van der Waals surface area (Å²) in [6, 6.07) is 19.4. The third-order valence-corrected chi connectivity index (χ3v) is 6.17. The van der Waals surface area contributed by atoms with E-state index in [2.05, 4.69) is 47.0 Å². The summed E-state index contributed by atoms with van der Waals surface area (Å²) in [4.78, 5) is 0. The standard InChI is InChI=1S/C23H28N2OS/c27-23(25-22-13-20-10-11-21(22)12-20)24-14-17-6-8-19(9-7-17)16-26-15-18-4-2-1-3-5-18/h1-9,20-22H,10-16H2,(H2,24,25,27). The molecule has 2 aliphatic rings. The highest BCUT2D eigenvalue weighted by Crippen LogP contribution is 2.44. The first kappa shape index (κ1) is 18.5. The van der Waals surface area contributed by atoms with E-state index in [9.17, 15) is 0 Å². The molecule has 2 aromatic carbocycles. The van der Waals surface area contributed by atoms with Crippen molar-refractivity contribution in [3.05, 3.63) is 71.3 Å². The smallest absolute Gasteiger partial charge is 0.166 e. The number of ether oxygens (including phenoxy) is 1. The van der Waals surface area contributed by atoms with Crippen LogP contribution in [0, 0.1) is 11.8 Å². The molecule has 0 spiro atoms. The molecule has 2 N–H and O–H groups in total. The van der Waals surface area contributed by atoms with Crippen LogP contribution in [0.5, 0.6) is 0 Å². The second kappa shape index (κ2) is 8.85. The van der Waals surface area contributed by atoms with Crippen LogP contribution >= 0.6 is 12.2 Å². The predicted molar refractivity (Wildman–Crippen MR) is 113 cm³/mol. The van der Waals surface area contributed by atoms with Gasteiger partial charge in [0.25, 0.3) is 0 Å². The molecule has 27 heavy (non-hydrogen) atoms. The van der Waals surface area contributed by atoms with E-state index >= 15 is 0 Å². The molecule has 2 bridgehead atoms. The molecule has 3 atom stereocenters. The van der Waals surface area contributed by atoms with E-state index in [1.807, 2.05) is 18.2 Å². The van der Waals surface area contributed by atoms with Gasteiger partial charge in [0.05, 0.1) is 13.2 Å². The molecule has 142 valence electrons. The zero-order valence-electron chi connectivity index (χ0n) is 15.7. The van der Waals surface area contributed by atoms with Crippen molar-refractivity contribution in [2.24, 2.45) is 11.8 Å². The maximum atomic E-state index is 5.80. The fourth-order valence-electron chi connectivity index (χ4n) is 4.44. The van der Waals surface area contributed by atoms with Gasteiger partial charge in [-0.25, -0.2) is 0 Å². The van der Waals surface area contributed by atoms with Gasteiger partial charge >= 0.3 is 0 Å². The van der Waals surface area contributed by atoms with Gasteiger partial charge < -0.3 is 15.4 Å². The number of hydrogen-bond acceptors (Lipinski definition) is 2. The molecule has 0 amide bonds. The Labute approximate surface area is 167 Å². The lowest BCUT2D eigenvalue weighted by molar-refractivity contribution is 0.107. The average Bonchev–Trinajstić information content (AvgIpc) is 3.31. The Bertz CT molecular complexity index is 747. The minimum Gasteiger partial charge on any atom is -0.372 e. The highest BCUT2D eigenvalue weighted by molar-refractivity contribution is 7.80. The summed E-state index contributed by atoms with van der Waals surface area (Å²) in [6.07, 6.45) is 5.49. The minimum atomic E-state index is 0.591. The van der Waals surface area contributed by atoms with Gasteiger partial charge in [0.15, 0.2) is 5.11 Å². The lowest BCUT2D eigenvalue weighted by Crippen LogP contribution is -2.43. The van der Waals surface area contributed by atoms with E-state index in [0.29, 0.717) is 19.3 Å². The molecule has 0 radical (unpaired) electrons. The normalized spacial score (nSPS) is 23.3. The number of benzene rings is 2. The van der Waals surface area contributed by atoms with Crippen molar-refractivity contribution in [3.8, 4) is 0 Å². The Hall–Kier alpha value is -1.91. The van der Waals surface area contributed by atoms with Crippen LogP contribution in [0.1, 0.15) is 42.4 Å². The molecule has 3 unspecified atom stereocenters. The molecule has 2 aromatic rings. The van der Waals surface area contributed by atoms with Crippen LogP contribution in [-0.4, -0.2) is 11.2 Å². The van der Waals surface area contributed by atoms with Crippen LogP contribution in [0.25, 0.3) is 0 Å².